The van der Waals surface area contributed by atoms with Gasteiger partial charge in [-0.25, -0.2) is 8.78 Å². The van der Waals surface area contributed by atoms with Gasteiger partial charge in [-0.2, -0.15) is 0 Å². The second-order valence-electron chi connectivity index (χ2n) is 12.2. The number of ketones is 1. The predicted octanol–water partition coefficient (Wildman–Crippen LogP) is 7.84. The number of hydrogen-bond acceptors (Lipinski definition) is 4. The number of rotatable bonds is 15. The number of aryl methyl sites for hydroxylation is 1. The first-order valence-corrected chi connectivity index (χ1v) is 15.1. The fourth-order valence-electron chi connectivity index (χ4n) is 6.22. The highest BCUT2D eigenvalue weighted by Gasteiger charge is 2.60. The van der Waals surface area contributed by atoms with Gasteiger partial charge in [0.25, 0.3) is 0 Å². The summed E-state index contributed by atoms with van der Waals surface area (Å²) in [4.78, 5) is 28.1. The number of carbonyl (C=O) groups excluding carboxylic acids is 2. The molecule has 5 nitrogen and oxygen atoms in total. The summed E-state index contributed by atoms with van der Waals surface area (Å²) in [6.07, 6.45) is 3.31. The molecule has 0 aromatic heterocycles. The van der Waals surface area contributed by atoms with E-state index in [9.17, 15) is 18.4 Å². The number of unbranched alkanes of at least 4 members (excludes halogenated alkanes) is 1. The van der Waals surface area contributed by atoms with Crippen molar-refractivity contribution in [1.29, 1.82) is 0 Å². The molecule has 224 valence electrons. The van der Waals surface area contributed by atoms with Crippen molar-refractivity contribution < 1.29 is 27.8 Å². The summed E-state index contributed by atoms with van der Waals surface area (Å²) in [6, 6.07) is 13.9. The van der Waals surface area contributed by atoms with Gasteiger partial charge < -0.3 is 14.4 Å². The average Bonchev–Trinajstić information content (AvgIpc) is 3.65. The van der Waals surface area contributed by atoms with Gasteiger partial charge in [0.1, 0.15) is 17.3 Å². The van der Waals surface area contributed by atoms with Gasteiger partial charge in [0.05, 0.1) is 19.3 Å². The molecule has 0 heterocycles. The molecule has 2 aromatic carbocycles. The van der Waals surface area contributed by atoms with Gasteiger partial charge >= 0.3 is 0 Å². The van der Waals surface area contributed by atoms with Crippen LogP contribution in [0.15, 0.2) is 42.5 Å². The third kappa shape index (κ3) is 7.10. The summed E-state index contributed by atoms with van der Waals surface area (Å²) in [6.45, 7) is 10.9. The van der Waals surface area contributed by atoms with Crippen molar-refractivity contribution in [3.8, 4) is 11.5 Å². The van der Waals surface area contributed by atoms with E-state index in [0.29, 0.717) is 19.8 Å². The molecule has 0 bridgehead atoms. The van der Waals surface area contributed by atoms with Crippen molar-refractivity contribution in [3.63, 3.8) is 0 Å². The maximum absolute atomic E-state index is 13.9. The third-order valence-electron chi connectivity index (χ3n) is 8.95. The van der Waals surface area contributed by atoms with Crippen molar-refractivity contribution in [1.82, 2.24) is 4.90 Å². The van der Waals surface area contributed by atoms with E-state index in [1.54, 1.807) is 4.90 Å². The molecule has 1 unspecified atom stereocenters. The van der Waals surface area contributed by atoms with E-state index in [-0.39, 0.29) is 29.6 Å². The number of ether oxygens (including phenoxy) is 2. The molecule has 2 aliphatic carbocycles. The average molecular weight is 570 g/mol. The van der Waals surface area contributed by atoms with Crippen LogP contribution in [0.4, 0.5) is 8.78 Å². The van der Waals surface area contributed by atoms with E-state index in [4.69, 9.17) is 9.47 Å². The van der Waals surface area contributed by atoms with Crippen molar-refractivity contribution >= 4 is 11.7 Å². The summed E-state index contributed by atoms with van der Waals surface area (Å²) in [7, 11) is 0. The van der Waals surface area contributed by atoms with E-state index in [2.05, 4.69) is 19.1 Å². The normalized spacial score (nSPS) is 18.6. The molecule has 0 saturated heterocycles. The summed E-state index contributed by atoms with van der Waals surface area (Å²) in [5.41, 5.74) is 1.90. The van der Waals surface area contributed by atoms with E-state index < -0.39 is 24.2 Å². The number of amides is 1. The second kappa shape index (κ2) is 12.5. The standard InChI is InChI=1S/C34H45F2NO4/c1-6-40-28-19-27(20-29(41-7-2)31(28)32(5)16-17-32)24(3)37(18-12-11-15-26-13-9-8-10-14-26)30(39)21-33(25(4)38)22-34(35,36)23-33/h8-10,13-14,19-20,24H,6-7,11-12,15-18,21-23H2,1-5H3. The van der Waals surface area contributed by atoms with Gasteiger partial charge in [-0.05, 0) is 88.5 Å². The zero-order valence-electron chi connectivity index (χ0n) is 25.2. The number of halogens is 2. The number of benzene rings is 2. The van der Waals surface area contributed by atoms with Gasteiger partial charge in [-0.1, -0.05) is 37.3 Å². The highest BCUT2D eigenvalue weighted by molar-refractivity contribution is 5.90. The van der Waals surface area contributed by atoms with Crippen LogP contribution in [0.5, 0.6) is 11.5 Å². The van der Waals surface area contributed by atoms with Crippen molar-refractivity contribution in [2.24, 2.45) is 5.41 Å². The Morgan fingerprint density at radius 1 is 0.976 bits per heavy atom. The first kappa shape index (κ1) is 31.0. The first-order valence-electron chi connectivity index (χ1n) is 15.1. The Hall–Kier alpha value is -2.96. The van der Waals surface area contributed by atoms with Crippen LogP contribution >= 0.6 is 0 Å². The monoisotopic (exact) mass is 569 g/mol. The molecule has 2 saturated carbocycles. The van der Waals surface area contributed by atoms with Crippen LogP contribution in [0.3, 0.4) is 0 Å². The van der Waals surface area contributed by atoms with Crippen LogP contribution in [0.1, 0.15) is 102 Å². The Bertz CT molecular complexity index is 1190. The summed E-state index contributed by atoms with van der Waals surface area (Å²) in [5.74, 6) is -1.96. The first-order chi connectivity index (χ1) is 19.4. The predicted molar refractivity (Wildman–Crippen MR) is 157 cm³/mol. The number of carbonyl (C=O) groups is 2. The molecule has 1 atom stereocenters. The number of alkyl halides is 2. The smallest absolute Gasteiger partial charge is 0.250 e. The molecule has 0 spiro atoms. The number of nitrogens with zero attached hydrogens (tertiary/aromatic N) is 1. The maximum Gasteiger partial charge on any atom is 0.250 e. The molecule has 4 rings (SSSR count). The molecular formula is C34H45F2NO4. The Kier molecular flexibility index (Phi) is 9.45. The van der Waals surface area contributed by atoms with E-state index in [0.717, 1.165) is 54.7 Å². The Balaban J connectivity index is 1.61. The molecule has 0 aliphatic heterocycles. The highest BCUT2D eigenvalue weighted by Crippen LogP contribution is 2.56. The molecule has 2 aromatic rings. The SMILES string of the molecule is CCOc1cc(C(C)N(CCCCc2ccccc2)C(=O)CC2(C(C)=O)CC(F)(F)C2)cc(OCC)c1C1(C)CC1. The fourth-order valence-corrected chi connectivity index (χ4v) is 6.22. The van der Waals surface area contributed by atoms with Gasteiger partial charge in [-0.15, -0.1) is 0 Å². The molecule has 2 fully saturated rings. The largest absolute Gasteiger partial charge is 0.493 e. The number of hydrogen-bond donors (Lipinski definition) is 0. The summed E-state index contributed by atoms with van der Waals surface area (Å²) in [5, 5.41) is 0. The van der Waals surface area contributed by atoms with Crippen LogP contribution in [0.2, 0.25) is 0 Å². The van der Waals surface area contributed by atoms with Crippen LogP contribution < -0.4 is 9.47 Å². The maximum atomic E-state index is 13.9. The molecule has 0 radical (unpaired) electrons. The lowest BCUT2D eigenvalue weighted by molar-refractivity contribution is -0.181. The van der Waals surface area contributed by atoms with Crippen molar-refractivity contribution in [2.45, 2.75) is 103 Å². The van der Waals surface area contributed by atoms with E-state index in [1.165, 1.54) is 12.5 Å². The van der Waals surface area contributed by atoms with Crippen LogP contribution in [-0.4, -0.2) is 42.3 Å². The zero-order valence-corrected chi connectivity index (χ0v) is 25.2. The quantitative estimate of drug-likeness (QED) is 0.205. The third-order valence-corrected chi connectivity index (χ3v) is 8.95. The van der Waals surface area contributed by atoms with Crippen molar-refractivity contribution in [3.05, 3.63) is 59.2 Å². The van der Waals surface area contributed by atoms with Crippen LogP contribution in [0, 0.1) is 5.41 Å². The van der Waals surface area contributed by atoms with Crippen LogP contribution in [-0.2, 0) is 21.4 Å². The lowest BCUT2D eigenvalue weighted by Crippen LogP contribution is -2.53. The van der Waals surface area contributed by atoms with Gasteiger partial charge in [0, 0.05) is 36.8 Å². The summed E-state index contributed by atoms with van der Waals surface area (Å²) < 4.78 is 40.1. The minimum absolute atomic E-state index is 0.00699. The molecular weight excluding hydrogens is 524 g/mol. The van der Waals surface area contributed by atoms with Gasteiger partial charge in [0.15, 0.2) is 0 Å². The molecule has 41 heavy (non-hydrogen) atoms. The molecule has 7 heteroatoms. The Morgan fingerprint density at radius 2 is 1.56 bits per heavy atom. The van der Waals surface area contributed by atoms with Crippen molar-refractivity contribution in [2.75, 3.05) is 19.8 Å². The fraction of sp³-hybridized carbons (Fsp3) is 0.588. The van der Waals surface area contributed by atoms with E-state index >= 15 is 0 Å². The minimum Gasteiger partial charge on any atom is -0.493 e. The Morgan fingerprint density at radius 3 is 2.05 bits per heavy atom. The molecule has 1 amide bonds. The lowest BCUT2D eigenvalue weighted by atomic mass is 9.61. The second-order valence-corrected chi connectivity index (χ2v) is 12.2. The number of Topliss-reactive ketones (excluding diaryl/α,β-unsaturated/α-hetero) is 1. The topological polar surface area (TPSA) is 55.8 Å². The minimum atomic E-state index is -2.90. The summed E-state index contributed by atoms with van der Waals surface area (Å²) >= 11 is 0. The van der Waals surface area contributed by atoms with Gasteiger partial charge in [0.2, 0.25) is 11.8 Å². The van der Waals surface area contributed by atoms with E-state index in [1.807, 2.05) is 51.1 Å². The Labute approximate surface area is 243 Å². The lowest BCUT2D eigenvalue weighted by Gasteiger charge is -2.46. The molecule has 0 N–H and O–H groups in total. The van der Waals surface area contributed by atoms with Gasteiger partial charge in [-0.3, -0.25) is 9.59 Å². The van der Waals surface area contributed by atoms with Crippen LogP contribution in [0.25, 0.3) is 0 Å². The molecule has 2 aliphatic rings. The highest BCUT2D eigenvalue weighted by atomic mass is 19.3. The zero-order chi connectivity index (χ0) is 29.8.